The first-order chi connectivity index (χ1) is 12.3. The van der Waals surface area contributed by atoms with E-state index >= 15 is 0 Å². The number of carbonyl (C=O) groups is 1. The summed E-state index contributed by atoms with van der Waals surface area (Å²) >= 11 is 0. The number of nitrogens with one attached hydrogen (secondary N) is 2. The molecule has 0 aliphatic heterocycles. The van der Waals surface area contributed by atoms with E-state index in [1.54, 1.807) is 19.1 Å². The summed E-state index contributed by atoms with van der Waals surface area (Å²) in [7, 11) is -2.28. The molecule has 0 atom stereocenters. The van der Waals surface area contributed by atoms with E-state index in [2.05, 4.69) is 10.0 Å². The molecule has 0 radical (unpaired) electrons. The van der Waals surface area contributed by atoms with Crippen molar-refractivity contribution in [3.8, 4) is 5.75 Å². The Balaban J connectivity index is 2.09. The van der Waals surface area contributed by atoms with E-state index in [9.17, 15) is 13.2 Å². The van der Waals surface area contributed by atoms with Gasteiger partial charge in [0.05, 0.1) is 18.6 Å². The van der Waals surface area contributed by atoms with Crippen molar-refractivity contribution in [2.75, 3.05) is 19.0 Å². The third-order valence-electron chi connectivity index (χ3n) is 4.10. The van der Waals surface area contributed by atoms with Gasteiger partial charge in [0.1, 0.15) is 5.75 Å². The van der Waals surface area contributed by atoms with Gasteiger partial charge in [-0.25, -0.2) is 13.1 Å². The maximum atomic E-state index is 12.5. The summed E-state index contributed by atoms with van der Waals surface area (Å²) in [6, 6.07) is 10.4. The Kier molecular flexibility index (Phi) is 6.39. The van der Waals surface area contributed by atoms with Gasteiger partial charge in [-0.15, -0.1) is 0 Å². The van der Waals surface area contributed by atoms with Crippen molar-refractivity contribution in [3.63, 3.8) is 0 Å². The van der Waals surface area contributed by atoms with E-state index in [4.69, 9.17) is 4.74 Å². The molecule has 0 spiro atoms. The standard InChI is InChI=1S/C19H24N2O4S/c1-5-15-8-6-7-13(2)19(15)21-18(22)12-20-26(23,24)17-10-9-16(25-4)11-14(17)3/h6-11,20H,5,12H2,1-4H3,(H,21,22). The number of hydrogen-bond acceptors (Lipinski definition) is 4. The molecule has 0 saturated carbocycles. The summed E-state index contributed by atoms with van der Waals surface area (Å²) in [5, 5.41) is 2.80. The molecule has 0 heterocycles. The minimum absolute atomic E-state index is 0.122. The summed E-state index contributed by atoms with van der Waals surface area (Å²) in [4.78, 5) is 12.4. The molecule has 140 valence electrons. The van der Waals surface area contributed by atoms with E-state index in [-0.39, 0.29) is 11.4 Å². The van der Waals surface area contributed by atoms with Crippen LogP contribution in [0.5, 0.6) is 5.75 Å². The molecule has 2 aromatic rings. The number of rotatable bonds is 7. The second-order valence-electron chi connectivity index (χ2n) is 5.97. The highest BCUT2D eigenvalue weighted by Gasteiger charge is 2.19. The van der Waals surface area contributed by atoms with Crippen LogP contribution in [-0.4, -0.2) is 28.0 Å². The number of sulfonamides is 1. The summed E-state index contributed by atoms with van der Waals surface area (Å²) < 4.78 is 32.4. The van der Waals surface area contributed by atoms with Crippen LogP contribution >= 0.6 is 0 Å². The lowest BCUT2D eigenvalue weighted by Crippen LogP contribution is -2.33. The maximum Gasteiger partial charge on any atom is 0.241 e. The fraction of sp³-hybridized carbons (Fsp3) is 0.316. The number of hydrogen-bond donors (Lipinski definition) is 2. The van der Waals surface area contributed by atoms with Gasteiger partial charge in [-0.3, -0.25) is 4.79 Å². The number of aryl methyl sites for hydroxylation is 3. The predicted molar refractivity (Wildman–Crippen MR) is 102 cm³/mol. The van der Waals surface area contributed by atoms with Gasteiger partial charge in [0.25, 0.3) is 0 Å². The highest BCUT2D eigenvalue weighted by Crippen LogP contribution is 2.22. The Bertz CT molecular complexity index is 908. The van der Waals surface area contributed by atoms with E-state index < -0.39 is 15.9 Å². The maximum absolute atomic E-state index is 12.5. The molecular formula is C19H24N2O4S. The smallest absolute Gasteiger partial charge is 0.241 e. The van der Waals surface area contributed by atoms with Gasteiger partial charge < -0.3 is 10.1 Å². The Morgan fingerprint density at radius 2 is 1.85 bits per heavy atom. The average molecular weight is 376 g/mol. The number of carbonyl (C=O) groups excluding carboxylic acids is 1. The van der Waals surface area contributed by atoms with Gasteiger partial charge in [0.15, 0.2) is 0 Å². The summed E-state index contributed by atoms with van der Waals surface area (Å²) in [6.45, 7) is 5.24. The summed E-state index contributed by atoms with van der Waals surface area (Å²) in [6.07, 6.45) is 0.772. The van der Waals surface area contributed by atoms with Crippen molar-refractivity contribution in [2.45, 2.75) is 32.1 Å². The number of ether oxygens (including phenoxy) is 1. The molecule has 0 unspecified atom stereocenters. The fourth-order valence-electron chi connectivity index (χ4n) is 2.67. The zero-order chi connectivity index (χ0) is 19.3. The van der Waals surface area contributed by atoms with E-state index in [0.717, 1.165) is 23.2 Å². The summed E-state index contributed by atoms with van der Waals surface area (Å²) in [5.74, 6) is 0.162. The molecule has 26 heavy (non-hydrogen) atoms. The molecule has 0 aliphatic rings. The van der Waals surface area contributed by atoms with E-state index in [1.807, 2.05) is 32.0 Å². The van der Waals surface area contributed by atoms with Crippen LogP contribution in [0.4, 0.5) is 5.69 Å². The van der Waals surface area contributed by atoms with Crippen LogP contribution in [0.25, 0.3) is 0 Å². The molecule has 6 nitrogen and oxygen atoms in total. The Labute approximate surface area is 154 Å². The molecule has 7 heteroatoms. The van der Waals surface area contributed by atoms with Gasteiger partial charge in [0, 0.05) is 5.69 Å². The number of benzene rings is 2. The molecule has 2 rings (SSSR count). The lowest BCUT2D eigenvalue weighted by atomic mass is 10.1. The minimum atomic E-state index is -3.80. The van der Waals surface area contributed by atoms with Crippen molar-refractivity contribution in [2.24, 2.45) is 0 Å². The Morgan fingerprint density at radius 1 is 1.12 bits per heavy atom. The van der Waals surface area contributed by atoms with Crippen LogP contribution in [0.3, 0.4) is 0 Å². The average Bonchev–Trinajstić information content (AvgIpc) is 2.61. The molecule has 0 aliphatic carbocycles. The van der Waals surface area contributed by atoms with E-state index in [0.29, 0.717) is 11.3 Å². The third-order valence-corrected chi connectivity index (χ3v) is 5.66. The quantitative estimate of drug-likeness (QED) is 0.778. The van der Waals surface area contributed by atoms with Crippen molar-refractivity contribution in [3.05, 3.63) is 53.1 Å². The first-order valence-corrected chi connectivity index (χ1v) is 9.79. The third kappa shape index (κ3) is 4.62. The molecule has 0 aromatic heterocycles. The van der Waals surface area contributed by atoms with Gasteiger partial charge in [-0.2, -0.15) is 0 Å². The Morgan fingerprint density at radius 3 is 2.46 bits per heavy atom. The topological polar surface area (TPSA) is 84.5 Å². The lowest BCUT2D eigenvalue weighted by molar-refractivity contribution is -0.115. The van der Waals surface area contributed by atoms with Crippen LogP contribution < -0.4 is 14.8 Å². The van der Waals surface area contributed by atoms with Gasteiger partial charge >= 0.3 is 0 Å². The van der Waals surface area contributed by atoms with Gasteiger partial charge in [-0.1, -0.05) is 25.1 Å². The Hall–Kier alpha value is -2.38. The number of para-hydroxylation sites is 1. The zero-order valence-corrected chi connectivity index (χ0v) is 16.2. The van der Waals surface area contributed by atoms with Crippen LogP contribution in [0.1, 0.15) is 23.6 Å². The molecule has 1 amide bonds. The SMILES string of the molecule is CCc1cccc(C)c1NC(=O)CNS(=O)(=O)c1ccc(OC)cc1C. The molecule has 0 fully saturated rings. The van der Waals surface area contributed by atoms with Gasteiger partial charge in [0.2, 0.25) is 15.9 Å². The predicted octanol–water partition coefficient (Wildman–Crippen LogP) is 2.79. The number of amides is 1. The van der Waals surface area contributed by atoms with Crippen LogP contribution in [0.2, 0.25) is 0 Å². The van der Waals surface area contributed by atoms with Crippen molar-refractivity contribution in [1.82, 2.24) is 4.72 Å². The highest BCUT2D eigenvalue weighted by atomic mass is 32.2. The second-order valence-corrected chi connectivity index (χ2v) is 7.70. The van der Waals surface area contributed by atoms with Crippen LogP contribution in [0.15, 0.2) is 41.3 Å². The van der Waals surface area contributed by atoms with Gasteiger partial charge in [-0.05, 0) is 55.2 Å². The van der Waals surface area contributed by atoms with Crippen molar-refractivity contribution < 1.29 is 17.9 Å². The second kappa shape index (κ2) is 8.33. The van der Waals surface area contributed by atoms with Crippen molar-refractivity contribution >= 4 is 21.6 Å². The molecule has 2 N–H and O–H groups in total. The lowest BCUT2D eigenvalue weighted by Gasteiger charge is -2.14. The normalized spacial score (nSPS) is 11.2. The first-order valence-electron chi connectivity index (χ1n) is 8.31. The first kappa shape index (κ1) is 19.9. The monoisotopic (exact) mass is 376 g/mol. The largest absolute Gasteiger partial charge is 0.497 e. The van der Waals surface area contributed by atoms with Crippen LogP contribution in [0, 0.1) is 13.8 Å². The fourth-order valence-corrected chi connectivity index (χ4v) is 3.88. The molecule has 2 aromatic carbocycles. The zero-order valence-electron chi connectivity index (χ0n) is 15.4. The van der Waals surface area contributed by atoms with Crippen LogP contribution in [-0.2, 0) is 21.2 Å². The molecular weight excluding hydrogens is 352 g/mol. The van der Waals surface area contributed by atoms with Crippen molar-refractivity contribution in [1.29, 1.82) is 0 Å². The highest BCUT2D eigenvalue weighted by molar-refractivity contribution is 7.89. The summed E-state index contributed by atoms with van der Waals surface area (Å²) in [5.41, 5.74) is 3.23. The van der Waals surface area contributed by atoms with E-state index in [1.165, 1.54) is 13.2 Å². The number of methoxy groups -OCH3 is 1. The minimum Gasteiger partial charge on any atom is -0.497 e. The molecule has 0 bridgehead atoms. The number of anilines is 1. The molecule has 0 saturated heterocycles.